The number of carbonyl (C=O) groups excluding carboxylic acids is 1. The lowest BCUT2D eigenvalue weighted by Gasteiger charge is -2.28. The number of nitriles is 1. The van der Waals surface area contributed by atoms with E-state index in [1.54, 1.807) is 19.1 Å². The Morgan fingerprint density at radius 3 is 2.78 bits per heavy atom. The van der Waals surface area contributed by atoms with E-state index in [1.807, 2.05) is 0 Å². The molecule has 1 aromatic rings. The van der Waals surface area contributed by atoms with Gasteiger partial charge in [-0.2, -0.15) is 5.26 Å². The second-order valence-electron chi connectivity index (χ2n) is 6.17. The van der Waals surface area contributed by atoms with E-state index >= 15 is 0 Å². The minimum absolute atomic E-state index is 0.0527. The van der Waals surface area contributed by atoms with Crippen LogP contribution in [0.4, 0.5) is 4.39 Å². The first-order valence-corrected chi connectivity index (χ1v) is 7.74. The Labute approximate surface area is 134 Å². The van der Waals surface area contributed by atoms with E-state index in [0.717, 1.165) is 5.56 Å². The highest BCUT2D eigenvalue weighted by Gasteiger charge is 2.72. The third-order valence-electron chi connectivity index (χ3n) is 4.86. The van der Waals surface area contributed by atoms with Crippen LogP contribution >= 0.6 is 0 Å². The number of hydrogen-bond acceptors (Lipinski definition) is 5. The molecule has 6 heteroatoms. The van der Waals surface area contributed by atoms with E-state index in [0.29, 0.717) is 13.0 Å². The smallest absolute Gasteiger partial charge is 0.309 e. The Bertz CT molecular complexity index is 642. The number of nitrogens with zero attached hydrogens (tertiary/aromatic N) is 1. The summed E-state index contributed by atoms with van der Waals surface area (Å²) >= 11 is 0. The van der Waals surface area contributed by atoms with Gasteiger partial charge >= 0.3 is 5.97 Å². The predicted octanol–water partition coefficient (Wildman–Crippen LogP) is 1.76. The fourth-order valence-corrected chi connectivity index (χ4v) is 3.67. The van der Waals surface area contributed by atoms with E-state index in [9.17, 15) is 14.4 Å². The van der Waals surface area contributed by atoms with Crippen LogP contribution in [-0.4, -0.2) is 24.2 Å². The Kier molecular flexibility index (Phi) is 4.09. The quantitative estimate of drug-likeness (QED) is 0.836. The molecule has 0 bridgehead atoms. The number of hydrogen-bond donors (Lipinski definition) is 1. The molecule has 2 saturated carbocycles. The van der Waals surface area contributed by atoms with Crippen molar-refractivity contribution in [3.8, 4) is 6.07 Å². The van der Waals surface area contributed by atoms with Crippen LogP contribution in [0.2, 0.25) is 0 Å². The molecule has 0 aromatic heterocycles. The topological polar surface area (TPSA) is 85.3 Å². The van der Waals surface area contributed by atoms with Gasteiger partial charge in [0.05, 0.1) is 31.3 Å². The normalized spacial score (nSPS) is 34.5. The zero-order valence-corrected chi connectivity index (χ0v) is 12.9. The largest absolute Gasteiger partial charge is 0.466 e. The summed E-state index contributed by atoms with van der Waals surface area (Å²) in [4.78, 5) is 11.9. The third kappa shape index (κ3) is 2.71. The monoisotopic (exact) mass is 318 g/mol. The van der Waals surface area contributed by atoms with Gasteiger partial charge in [-0.1, -0.05) is 12.1 Å². The maximum atomic E-state index is 12.9. The average molecular weight is 318 g/mol. The van der Waals surface area contributed by atoms with Gasteiger partial charge in [0.2, 0.25) is 0 Å². The number of fused-ring (bicyclic) bond motifs is 1. The Hall–Kier alpha value is -1.97. The van der Waals surface area contributed by atoms with Gasteiger partial charge in [0.1, 0.15) is 11.4 Å². The van der Waals surface area contributed by atoms with Crippen LogP contribution in [-0.2, 0) is 20.9 Å². The highest BCUT2D eigenvalue weighted by molar-refractivity contribution is 5.78. The fraction of sp³-hybridized carbons (Fsp3) is 0.529. The minimum atomic E-state index is -1.18. The van der Waals surface area contributed by atoms with Crippen molar-refractivity contribution < 1.29 is 18.7 Å². The SMILES string of the molecule is CCOC(=O)[C@@H]1[C@@H]2C[C@@H](OCc3ccc(F)cc3)[C@@](N)(C#N)[C@@H]21. The molecule has 0 spiro atoms. The van der Waals surface area contributed by atoms with Crippen molar-refractivity contribution in [3.05, 3.63) is 35.6 Å². The number of esters is 1. The molecule has 3 rings (SSSR count). The summed E-state index contributed by atoms with van der Waals surface area (Å²) in [6, 6.07) is 8.14. The van der Waals surface area contributed by atoms with Gasteiger partial charge in [-0.15, -0.1) is 0 Å². The number of halogens is 1. The number of benzene rings is 1. The van der Waals surface area contributed by atoms with Crippen molar-refractivity contribution in [3.63, 3.8) is 0 Å². The molecule has 0 saturated heterocycles. The molecule has 5 atom stereocenters. The number of nitrogens with two attached hydrogens (primary N) is 1. The van der Waals surface area contributed by atoms with Gasteiger partial charge in [-0.3, -0.25) is 4.79 Å². The van der Waals surface area contributed by atoms with Crippen molar-refractivity contribution in [2.45, 2.75) is 31.6 Å². The summed E-state index contributed by atoms with van der Waals surface area (Å²) in [5.41, 5.74) is 5.88. The zero-order chi connectivity index (χ0) is 16.6. The lowest BCUT2D eigenvalue weighted by atomic mass is 9.90. The summed E-state index contributed by atoms with van der Waals surface area (Å²) < 4.78 is 23.7. The Morgan fingerprint density at radius 1 is 1.48 bits per heavy atom. The van der Waals surface area contributed by atoms with E-state index < -0.39 is 11.6 Å². The highest BCUT2D eigenvalue weighted by Crippen LogP contribution is 2.62. The van der Waals surface area contributed by atoms with Crippen LogP contribution in [0.25, 0.3) is 0 Å². The molecule has 0 amide bonds. The van der Waals surface area contributed by atoms with Crippen LogP contribution in [0.1, 0.15) is 18.9 Å². The van der Waals surface area contributed by atoms with Gasteiger partial charge in [-0.05, 0) is 37.0 Å². The molecule has 0 radical (unpaired) electrons. The average Bonchev–Trinajstić information content (AvgIpc) is 3.20. The molecule has 0 aliphatic heterocycles. The van der Waals surface area contributed by atoms with Gasteiger partial charge in [0, 0.05) is 5.92 Å². The van der Waals surface area contributed by atoms with Gasteiger partial charge < -0.3 is 15.2 Å². The minimum Gasteiger partial charge on any atom is -0.466 e. The van der Waals surface area contributed by atoms with Gasteiger partial charge in [0.15, 0.2) is 0 Å². The van der Waals surface area contributed by atoms with Gasteiger partial charge in [-0.25, -0.2) is 4.39 Å². The summed E-state index contributed by atoms with van der Waals surface area (Å²) in [6.45, 7) is 2.34. The van der Waals surface area contributed by atoms with Crippen LogP contribution < -0.4 is 5.73 Å². The van der Waals surface area contributed by atoms with E-state index in [1.165, 1.54) is 12.1 Å². The summed E-state index contributed by atoms with van der Waals surface area (Å²) in [5, 5.41) is 9.50. The van der Waals surface area contributed by atoms with Crippen molar-refractivity contribution in [1.29, 1.82) is 5.26 Å². The Morgan fingerprint density at radius 2 is 2.17 bits per heavy atom. The predicted molar refractivity (Wildman–Crippen MR) is 79.2 cm³/mol. The number of carbonyl (C=O) groups is 1. The number of ether oxygens (including phenoxy) is 2. The van der Waals surface area contributed by atoms with Crippen molar-refractivity contribution in [2.24, 2.45) is 23.5 Å². The van der Waals surface area contributed by atoms with Crippen molar-refractivity contribution in [2.75, 3.05) is 6.61 Å². The molecule has 2 aliphatic rings. The first-order valence-electron chi connectivity index (χ1n) is 7.74. The van der Waals surface area contributed by atoms with E-state index in [-0.39, 0.29) is 36.1 Å². The highest BCUT2D eigenvalue weighted by atomic mass is 19.1. The summed E-state index contributed by atoms with van der Waals surface area (Å²) in [5.74, 6) is -1.02. The fourth-order valence-electron chi connectivity index (χ4n) is 3.67. The van der Waals surface area contributed by atoms with Crippen LogP contribution in [0.15, 0.2) is 24.3 Å². The van der Waals surface area contributed by atoms with Crippen LogP contribution in [0.3, 0.4) is 0 Å². The van der Waals surface area contributed by atoms with Crippen LogP contribution in [0, 0.1) is 34.9 Å². The Balaban J connectivity index is 1.63. The molecule has 5 nitrogen and oxygen atoms in total. The molecule has 1 aromatic carbocycles. The molecule has 23 heavy (non-hydrogen) atoms. The molecule has 0 heterocycles. The lowest BCUT2D eigenvalue weighted by molar-refractivity contribution is -0.146. The molecule has 0 unspecified atom stereocenters. The molecule has 2 aliphatic carbocycles. The second-order valence-corrected chi connectivity index (χ2v) is 6.17. The maximum absolute atomic E-state index is 12.9. The van der Waals surface area contributed by atoms with Crippen molar-refractivity contribution in [1.82, 2.24) is 0 Å². The summed E-state index contributed by atoms with van der Waals surface area (Å²) in [6.07, 6.45) is 0.137. The first kappa shape index (κ1) is 15.9. The molecule has 2 N–H and O–H groups in total. The standard InChI is InChI=1S/C17H19FN2O3/c1-2-22-16(21)14-12-7-13(17(20,9-19)15(12)14)23-8-10-3-5-11(18)6-4-10/h3-6,12-15H,2,7-8,20H2,1H3/t12-,13+,14+,15-,17-/m0/s1. The third-order valence-corrected chi connectivity index (χ3v) is 4.86. The van der Waals surface area contributed by atoms with Crippen LogP contribution in [0.5, 0.6) is 0 Å². The zero-order valence-electron chi connectivity index (χ0n) is 12.9. The number of rotatable bonds is 5. The lowest BCUT2D eigenvalue weighted by Crippen LogP contribution is -2.51. The first-order chi connectivity index (χ1) is 11.0. The molecule has 2 fully saturated rings. The summed E-state index contributed by atoms with van der Waals surface area (Å²) in [7, 11) is 0. The molecular formula is C17H19FN2O3. The maximum Gasteiger partial charge on any atom is 0.309 e. The van der Waals surface area contributed by atoms with Gasteiger partial charge in [0.25, 0.3) is 0 Å². The van der Waals surface area contributed by atoms with E-state index in [4.69, 9.17) is 15.2 Å². The van der Waals surface area contributed by atoms with E-state index in [2.05, 4.69) is 6.07 Å². The van der Waals surface area contributed by atoms with Crippen molar-refractivity contribution >= 4 is 5.97 Å². The molecule has 122 valence electrons. The molecular weight excluding hydrogens is 299 g/mol. The second kappa shape index (κ2) is 5.91.